The molecule has 1 N–H and O–H groups in total. The second kappa shape index (κ2) is 6.88. The SMILES string of the molecule is CCN(CC)C(=O)C(C)n1cncc1C1CCCNC1. The summed E-state index contributed by atoms with van der Waals surface area (Å²) in [7, 11) is 0. The maximum absolute atomic E-state index is 12.5. The second-order valence-corrected chi connectivity index (χ2v) is 5.46. The molecule has 2 heterocycles. The molecule has 0 bridgehead atoms. The van der Waals surface area contributed by atoms with Gasteiger partial charge in [-0.25, -0.2) is 4.98 Å². The Balaban J connectivity index is 2.16. The highest BCUT2D eigenvalue weighted by atomic mass is 16.2. The molecule has 1 aliphatic rings. The van der Waals surface area contributed by atoms with Gasteiger partial charge in [0.05, 0.1) is 6.33 Å². The van der Waals surface area contributed by atoms with E-state index in [-0.39, 0.29) is 11.9 Å². The molecule has 0 aliphatic carbocycles. The first-order chi connectivity index (χ1) is 9.69. The van der Waals surface area contributed by atoms with E-state index in [1.54, 1.807) is 6.33 Å². The van der Waals surface area contributed by atoms with Gasteiger partial charge >= 0.3 is 0 Å². The van der Waals surface area contributed by atoms with Crippen LogP contribution in [0, 0.1) is 0 Å². The molecule has 5 heteroatoms. The average Bonchev–Trinajstić information content (AvgIpc) is 2.98. The number of carbonyl (C=O) groups excluding carboxylic acids is 1. The van der Waals surface area contributed by atoms with E-state index < -0.39 is 0 Å². The van der Waals surface area contributed by atoms with Gasteiger partial charge in [0.2, 0.25) is 5.91 Å². The molecule has 1 aromatic rings. The standard InChI is InChI=1S/C15H26N4O/c1-4-18(5-2)15(20)12(3)19-11-17-10-14(19)13-7-6-8-16-9-13/h10-13,16H,4-9H2,1-3H3. The predicted octanol–water partition coefficient (Wildman–Crippen LogP) is 1.78. The lowest BCUT2D eigenvalue weighted by atomic mass is 9.96. The molecule has 0 aromatic carbocycles. The van der Waals surface area contributed by atoms with Crippen molar-refractivity contribution in [1.29, 1.82) is 0 Å². The normalized spacial score (nSPS) is 20.6. The van der Waals surface area contributed by atoms with Crippen LogP contribution in [0.1, 0.15) is 51.3 Å². The number of nitrogens with one attached hydrogen (secondary N) is 1. The van der Waals surface area contributed by atoms with Crippen LogP contribution < -0.4 is 5.32 Å². The summed E-state index contributed by atoms with van der Waals surface area (Å²) in [5.41, 5.74) is 1.19. The van der Waals surface area contributed by atoms with Gasteiger partial charge in [-0.1, -0.05) is 0 Å². The summed E-state index contributed by atoms with van der Waals surface area (Å²) in [5.74, 6) is 0.649. The maximum atomic E-state index is 12.5. The first-order valence-electron chi connectivity index (χ1n) is 7.70. The Morgan fingerprint density at radius 1 is 1.55 bits per heavy atom. The van der Waals surface area contributed by atoms with E-state index in [9.17, 15) is 4.79 Å². The molecule has 20 heavy (non-hydrogen) atoms. The van der Waals surface area contributed by atoms with Crippen LogP contribution in [0.4, 0.5) is 0 Å². The van der Waals surface area contributed by atoms with Crippen molar-refractivity contribution in [3.05, 3.63) is 18.2 Å². The lowest BCUT2D eigenvalue weighted by molar-refractivity contribution is -0.133. The Morgan fingerprint density at radius 2 is 2.30 bits per heavy atom. The van der Waals surface area contributed by atoms with Crippen molar-refractivity contribution in [1.82, 2.24) is 19.8 Å². The number of hydrogen-bond acceptors (Lipinski definition) is 3. The summed E-state index contributed by atoms with van der Waals surface area (Å²) in [6.07, 6.45) is 6.08. The third-order valence-corrected chi connectivity index (χ3v) is 4.26. The summed E-state index contributed by atoms with van der Waals surface area (Å²) in [6.45, 7) is 9.61. The lowest BCUT2D eigenvalue weighted by Gasteiger charge is -2.28. The van der Waals surface area contributed by atoms with Gasteiger partial charge in [0.15, 0.2) is 0 Å². The highest BCUT2D eigenvalue weighted by Crippen LogP contribution is 2.25. The molecule has 1 saturated heterocycles. The van der Waals surface area contributed by atoms with Gasteiger partial charge in [-0.3, -0.25) is 4.79 Å². The van der Waals surface area contributed by atoms with Crippen LogP contribution in [-0.4, -0.2) is 46.5 Å². The highest BCUT2D eigenvalue weighted by molar-refractivity contribution is 5.80. The Morgan fingerprint density at radius 3 is 2.90 bits per heavy atom. The van der Waals surface area contributed by atoms with Crippen molar-refractivity contribution in [3.63, 3.8) is 0 Å². The van der Waals surface area contributed by atoms with E-state index in [1.807, 2.05) is 31.9 Å². The van der Waals surface area contributed by atoms with Crippen LogP contribution in [0.25, 0.3) is 0 Å². The fourth-order valence-corrected chi connectivity index (χ4v) is 2.98. The Labute approximate surface area is 121 Å². The van der Waals surface area contributed by atoms with Gasteiger partial charge in [-0.15, -0.1) is 0 Å². The zero-order chi connectivity index (χ0) is 14.5. The maximum Gasteiger partial charge on any atom is 0.245 e. The van der Waals surface area contributed by atoms with Crippen LogP contribution in [0.15, 0.2) is 12.5 Å². The van der Waals surface area contributed by atoms with E-state index in [0.29, 0.717) is 5.92 Å². The van der Waals surface area contributed by atoms with Crippen molar-refractivity contribution in [3.8, 4) is 0 Å². The molecule has 2 unspecified atom stereocenters. The quantitative estimate of drug-likeness (QED) is 0.893. The zero-order valence-electron chi connectivity index (χ0n) is 12.8. The highest BCUT2D eigenvalue weighted by Gasteiger charge is 2.25. The van der Waals surface area contributed by atoms with Crippen molar-refractivity contribution < 1.29 is 4.79 Å². The number of hydrogen-bond donors (Lipinski definition) is 1. The Bertz CT molecular complexity index is 433. The largest absolute Gasteiger partial charge is 0.341 e. The fraction of sp³-hybridized carbons (Fsp3) is 0.733. The van der Waals surface area contributed by atoms with Crippen LogP contribution in [0.2, 0.25) is 0 Å². The van der Waals surface area contributed by atoms with Gasteiger partial charge in [-0.05, 0) is 40.2 Å². The van der Waals surface area contributed by atoms with Gasteiger partial charge in [0.25, 0.3) is 0 Å². The van der Waals surface area contributed by atoms with Gasteiger partial charge in [0, 0.05) is 37.4 Å². The molecule has 0 spiro atoms. The molecule has 1 fully saturated rings. The molecule has 2 atom stereocenters. The first-order valence-corrected chi connectivity index (χ1v) is 7.70. The van der Waals surface area contributed by atoms with Gasteiger partial charge < -0.3 is 14.8 Å². The topological polar surface area (TPSA) is 50.2 Å². The molecule has 1 aromatic heterocycles. The zero-order valence-corrected chi connectivity index (χ0v) is 12.8. The number of carbonyl (C=O) groups is 1. The smallest absolute Gasteiger partial charge is 0.245 e. The van der Waals surface area contributed by atoms with Gasteiger partial charge in [0.1, 0.15) is 6.04 Å². The molecular formula is C15H26N4O. The summed E-state index contributed by atoms with van der Waals surface area (Å²) in [6, 6.07) is -0.172. The number of aromatic nitrogens is 2. The number of nitrogens with zero attached hydrogens (tertiary/aromatic N) is 3. The van der Waals surface area contributed by atoms with Crippen LogP contribution in [0.5, 0.6) is 0 Å². The minimum Gasteiger partial charge on any atom is -0.341 e. The average molecular weight is 278 g/mol. The van der Waals surface area contributed by atoms with E-state index in [2.05, 4.69) is 14.9 Å². The molecule has 1 amide bonds. The van der Waals surface area contributed by atoms with Gasteiger partial charge in [-0.2, -0.15) is 0 Å². The van der Waals surface area contributed by atoms with Crippen LogP contribution >= 0.6 is 0 Å². The predicted molar refractivity (Wildman–Crippen MR) is 79.7 cm³/mol. The number of rotatable bonds is 5. The molecule has 112 valence electrons. The van der Waals surface area contributed by atoms with Crippen molar-refractivity contribution in [2.24, 2.45) is 0 Å². The minimum absolute atomic E-state index is 0.172. The number of piperidine rings is 1. The van der Waals surface area contributed by atoms with E-state index >= 15 is 0 Å². The number of likely N-dealkylation sites (N-methyl/N-ethyl adjacent to an activating group) is 1. The molecule has 0 saturated carbocycles. The lowest BCUT2D eigenvalue weighted by Crippen LogP contribution is -2.37. The van der Waals surface area contributed by atoms with Crippen molar-refractivity contribution >= 4 is 5.91 Å². The number of amides is 1. The Kier molecular flexibility index (Phi) is 5.17. The molecular weight excluding hydrogens is 252 g/mol. The van der Waals surface area contributed by atoms with E-state index in [4.69, 9.17) is 0 Å². The monoisotopic (exact) mass is 278 g/mol. The number of imidazole rings is 1. The molecule has 2 rings (SSSR count). The van der Waals surface area contributed by atoms with Crippen LogP contribution in [0.3, 0.4) is 0 Å². The molecule has 1 aliphatic heterocycles. The summed E-state index contributed by atoms with van der Waals surface area (Å²) >= 11 is 0. The molecule has 0 radical (unpaired) electrons. The third kappa shape index (κ3) is 3.03. The second-order valence-electron chi connectivity index (χ2n) is 5.46. The first kappa shape index (κ1) is 15.0. The Hall–Kier alpha value is -1.36. The third-order valence-electron chi connectivity index (χ3n) is 4.26. The van der Waals surface area contributed by atoms with E-state index in [1.165, 1.54) is 18.5 Å². The van der Waals surface area contributed by atoms with Crippen molar-refractivity contribution in [2.45, 2.75) is 45.6 Å². The summed E-state index contributed by atoms with van der Waals surface area (Å²) in [4.78, 5) is 18.7. The van der Waals surface area contributed by atoms with E-state index in [0.717, 1.165) is 26.2 Å². The fourth-order valence-electron chi connectivity index (χ4n) is 2.98. The summed E-state index contributed by atoms with van der Waals surface area (Å²) in [5, 5.41) is 3.43. The summed E-state index contributed by atoms with van der Waals surface area (Å²) < 4.78 is 2.05. The molecule has 5 nitrogen and oxygen atoms in total. The van der Waals surface area contributed by atoms with Crippen LogP contribution in [-0.2, 0) is 4.79 Å². The van der Waals surface area contributed by atoms with Crippen molar-refractivity contribution in [2.75, 3.05) is 26.2 Å². The minimum atomic E-state index is -0.172.